The Labute approximate surface area is 130 Å². The molecule has 0 saturated carbocycles. The molecule has 4 rings (SSSR count). The van der Waals surface area contributed by atoms with Gasteiger partial charge in [0, 0.05) is 30.4 Å². The van der Waals surface area contributed by atoms with Crippen molar-refractivity contribution < 1.29 is 4.42 Å². The maximum atomic E-state index is 6.36. The molecular formula is C19H20N2O. The summed E-state index contributed by atoms with van der Waals surface area (Å²) in [5, 5.41) is 1.17. The zero-order valence-electron chi connectivity index (χ0n) is 12.5. The molecule has 3 nitrogen and oxygen atoms in total. The average Bonchev–Trinajstić information content (AvgIpc) is 3.11. The molecule has 112 valence electrons. The lowest BCUT2D eigenvalue weighted by Gasteiger charge is -2.15. The van der Waals surface area contributed by atoms with Gasteiger partial charge in [-0.25, -0.2) is 0 Å². The Morgan fingerprint density at radius 2 is 1.77 bits per heavy atom. The summed E-state index contributed by atoms with van der Waals surface area (Å²) in [6.07, 6.45) is 0. The molecule has 0 spiro atoms. The lowest BCUT2D eigenvalue weighted by atomic mass is 9.95. The van der Waals surface area contributed by atoms with Gasteiger partial charge in [0.2, 0.25) is 0 Å². The number of para-hydroxylation sites is 1. The zero-order valence-corrected chi connectivity index (χ0v) is 12.5. The van der Waals surface area contributed by atoms with E-state index in [4.69, 9.17) is 10.2 Å². The Morgan fingerprint density at radius 1 is 1.00 bits per heavy atom. The molecule has 2 aromatic carbocycles. The predicted octanol–water partition coefficient (Wildman–Crippen LogP) is 3.36. The van der Waals surface area contributed by atoms with E-state index in [1.807, 2.05) is 18.2 Å². The third-order valence-electron chi connectivity index (χ3n) is 4.52. The van der Waals surface area contributed by atoms with Gasteiger partial charge in [0.1, 0.15) is 11.3 Å². The first kappa shape index (κ1) is 13.6. The van der Waals surface area contributed by atoms with Crippen molar-refractivity contribution in [2.45, 2.75) is 18.5 Å². The van der Waals surface area contributed by atoms with Gasteiger partial charge in [0.05, 0.1) is 6.54 Å². The number of benzene rings is 2. The molecule has 0 unspecified atom stereocenters. The summed E-state index contributed by atoms with van der Waals surface area (Å²) >= 11 is 0. The summed E-state index contributed by atoms with van der Waals surface area (Å²) in [5.74, 6) is 1.42. The van der Waals surface area contributed by atoms with Crippen LogP contribution in [0, 0.1) is 0 Å². The number of likely N-dealkylation sites (tertiary alicyclic amines) is 1. The van der Waals surface area contributed by atoms with Crippen molar-refractivity contribution in [3.8, 4) is 0 Å². The minimum Gasteiger partial charge on any atom is -0.460 e. The van der Waals surface area contributed by atoms with Crippen LogP contribution in [-0.2, 0) is 6.54 Å². The normalized spacial score (nSPS) is 22.4. The van der Waals surface area contributed by atoms with Gasteiger partial charge in [-0.15, -0.1) is 0 Å². The van der Waals surface area contributed by atoms with Crippen molar-refractivity contribution >= 4 is 11.0 Å². The summed E-state index contributed by atoms with van der Waals surface area (Å²) in [4.78, 5) is 2.39. The maximum absolute atomic E-state index is 6.36. The summed E-state index contributed by atoms with van der Waals surface area (Å²) in [6, 6.07) is 21.1. The molecule has 2 atom stereocenters. The molecule has 1 aromatic heterocycles. The van der Waals surface area contributed by atoms with Gasteiger partial charge in [0.15, 0.2) is 0 Å². The molecule has 0 bridgehead atoms. The highest BCUT2D eigenvalue weighted by atomic mass is 16.3. The number of nitrogens with two attached hydrogens (primary N) is 1. The Hall–Kier alpha value is -2.10. The monoisotopic (exact) mass is 292 g/mol. The first-order valence-electron chi connectivity index (χ1n) is 7.80. The van der Waals surface area contributed by atoms with Gasteiger partial charge in [-0.3, -0.25) is 4.90 Å². The topological polar surface area (TPSA) is 42.4 Å². The molecule has 22 heavy (non-hydrogen) atoms. The molecule has 0 radical (unpaired) electrons. The van der Waals surface area contributed by atoms with Gasteiger partial charge < -0.3 is 10.2 Å². The van der Waals surface area contributed by atoms with E-state index < -0.39 is 0 Å². The van der Waals surface area contributed by atoms with Gasteiger partial charge in [-0.2, -0.15) is 0 Å². The standard InChI is InChI=1S/C19H20N2O/c20-18-13-21(12-17(18)14-6-2-1-3-7-14)11-16-10-15-8-4-5-9-19(15)22-16/h1-10,17-18H,11-13,20H2/t17-,18+/m0/s1. The fraction of sp³-hybridized carbons (Fsp3) is 0.263. The summed E-state index contributed by atoms with van der Waals surface area (Å²) in [7, 11) is 0. The third-order valence-corrected chi connectivity index (χ3v) is 4.52. The highest BCUT2D eigenvalue weighted by molar-refractivity contribution is 5.77. The van der Waals surface area contributed by atoms with Crippen molar-refractivity contribution in [2.24, 2.45) is 5.73 Å². The van der Waals surface area contributed by atoms with E-state index in [9.17, 15) is 0 Å². The van der Waals surface area contributed by atoms with Crippen molar-refractivity contribution in [3.63, 3.8) is 0 Å². The molecule has 1 aliphatic rings. The van der Waals surface area contributed by atoms with Crippen LogP contribution < -0.4 is 5.73 Å². The molecule has 1 fully saturated rings. The van der Waals surface area contributed by atoms with Crippen molar-refractivity contribution in [1.29, 1.82) is 0 Å². The maximum Gasteiger partial charge on any atom is 0.134 e. The number of rotatable bonds is 3. The van der Waals surface area contributed by atoms with Gasteiger partial charge in [-0.1, -0.05) is 48.5 Å². The number of fused-ring (bicyclic) bond motifs is 1. The molecule has 1 saturated heterocycles. The largest absolute Gasteiger partial charge is 0.460 e. The molecule has 3 aromatic rings. The second-order valence-corrected chi connectivity index (χ2v) is 6.13. The lowest BCUT2D eigenvalue weighted by Crippen LogP contribution is -2.28. The second kappa shape index (κ2) is 5.59. The Bertz CT molecular complexity index is 732. The number of hydrogen-bond acceptors (Lipinski definition) is 3. The number of hydrogen-bond donors (Lipinski definition) is 1. The van der Waals surface area contributed by atoms with Gasteiger partial charge in [0.25, 0.3) is 0 Å². The van der Waals surface area contributed by atoms with Crippen molar-refractivity contribution in [3.05, 3.63) is 72.0 Å². The van der Waals surface area contributed by atoms with Gasteiger partial charge in [-0.05, 0) is 17.7 Å². The van der Waals surface area contributed by atoms with Crippen LogP contribution in [0.2, 0.25) is 0 Å². The lowest BCUT2D eigenvalue weighted by molar-refractivity contribution is 0.296. The minimum absolute atomic E-state index is 0.187. The smallest absolute Gasteiger partial charge is 0.134 e. The first-order valence-corrected chi connectivity index (χ1v) is 7.80. The van der Waals surface area contributed by atoms with Crippen LogP contribution in [0.3, 0.4) is 0 Å². The van der Waals surface area contributed by atoms with Crippen LogP contribution in [0.1, 0.15) is 17.2 Å². The summed E-state index contributed by atoms with van der Waals surface area (Å²) in [6.45, 7) is 2.73. The highest BCUT2D eigenvalue weighted by Gasteiger charge is 2.31. The number of nitrogens with zero attached hydrogens (tertiary/aromatic N) is 1. The average molecular weight is 292 g/mol. The third kappa shape index (κ3) is 2.54. The fourth-order valence-corrected chi connectivity index (χ4v) is 3.43. The molecule has 2 N–H and O–H groups in total. The van der Waals surface area contributed by atoms with Crippen LogP contribution >= 0.6 is 0 Å². The first-order chi connectivity index (χ1) is 10.8. The molecule has 3 heteroatoms. The summed E-state index contributed by atoms with van der Waals surface area (Å²) in [5.41, 5.74) is 8.65. The Kier molecular flexibility index (Phi) is 3.45. The van der Waals surface area contributed by atoms with Crippen LogP contribution in [0.15, 0.2) is 65.1 Å². The predicted molar refractivity (Wildman–Crippen MR) is 88.6 cm³/mol. The highest BCUT2D eigenvalue weighted by Crippen LogP contribution is 2.28. The molecule has 2 heterocycles. The van der Waals surface area contributed by atoms with E-state index in [1.165, 1.54) is 10.9 Å². The van der Waals surface area contributed by atoms with E-state index >= 15 is 0 Å². The number of furan rings is 1. The Morgan fingerprint density at radius 3 is 2.59 bits per heavy atom. The van der Waals surface area contributed by atoms with Crippen LogP contribution in [0.4, 0.5) is 0 Å². The second-order valence-electron chi connectivity index (χ2n) is 6.13. The molecule has 0 aliphatic carbocycles. The minimum atomic E-state index is 0.187. The quantitative estimate of drug-likeness (QED) is 0.805. The molecule has 0 amide bonds. The van der Waals surface area contributed by atoms with E-state index in [0.29, 0.717) is 5.92 Å². The SMILES string of the molecule is N[C@@H]1CN(Cc2cc3ccccc3o2)C[C@H]1c1ccccc1. The van der Waals surface area contributed by atoms with E-state index in [2.05, 4.69) is 47.4 Å². The van der Waals surface area contributed by atoms with Gasteiger partial charge >= 0.3 is 0 Å². The van der Waals surface area contributed by atoms with Crippen LogP contribution in [0.25, 0.3) is 11.0 Å². The zero-order chi connectivity index (χ0) is 14.9. The van der Waals surface area contributed by atoms with E-state index in [-0.39, 0.29) is 6.04 Å². The summed E-state index contributed by atoms with van der Waals surface area (Å²) < 4.78 is 5.92. The Balaban J connectivity index is 1.50. The van der Waals surface area contributed by atoms with Crippen molar-refractivity contribution in [1.82, 2.24) is 4.90 Å². The molecular weight excluding hydrogens is 272 g/mol. The van der Waals surface area contributed by atoms with Crippen molar-refractivity contribution in [2.75, 3.05) is 13.1 Å². The van der Waals surface area contributed by atoms with E-state index in [1.54, 1.807) is 0 Å². The van der Waals surface area contributed by atoms with Crippen LogP contribution in [-0.4, -0.2) is 24.0 Å². The van der Waals surface area contributed by atoms with Crippen LogP contribution in [0.5, 0.6) is 0 Å². The molecule has 1 aliphatic heterocycles. The van der Waals surface area contributed by atoms with E-state index in [0.717, 1.165) is 31.0 Å². The fourth-order valence-electron chi connectivity index (χ4n) is 3.43.